The number of nitrogens with zero attached hydrogens (tertiary/aromatic N) is 2. The van der Waals surface area contributed by atoms with E-state index in [1.807, 2.05) is 6.92 Å². The Hall–Kier alpha value is -3.47. The van der Waals surface area contributed by atoms with E-state index >= 15 is 0 Å². The van der Waals surface area contributed by atoms with E-state index in [4.69, 9.17) is 4.74 Å². The number of sulfonamides is 1. The van der Waals surface area contributed by atoms with E-state index in [0.29, 0.717) is 0 Å². The summed E-state index contributed by atoms with van der Waals surface area (Å²) in [5, 5.41) is 15.7. The smallest absolute Gasteiger partial charge is 0.414 e. The molecule has 10 nitrogen and oxygen atoms in total. The number of benzene rings is 2. The van der Waals surface area contributed by atoms with Crippen LogP contribution in [0.2, 0.25) is 0 Å². The Kier molecular flexibility index (Phi) is 6.77. The van der Waals surface area contributed by atoms with E-state index in [9.17, 15) is 23.3 Å². The average Bonchev–Trinajstić information content (AvgIpc) is 2.60. The maximum atomic E-state index is 12.6. The Morgan fingerprint density at radius 2 is 1.63 bits per heavy atom. The summed E-state index contributed by atoms with van der Waals surface area (Å²) < 4.78 is 34.1. The second-order valence-corrected chi connectivity index (χ2v) is 8.89. The van der Waals surface area contributed by atoms with Crippen molar-refractivity contribution in [1.29, 1.82) is 0 Å². The van der Waals surface area contributed by atoms with Gasteiger partial charge in [0, 0.05) is 17.8 Å². The molecule has 0 heterocycles. The van der Waals surface area contributed by atoms with Crippen LogP contribution >= 0.6 is 0 Å². The van der Waals surface area contributed by atoms with E-state index in [2.05, 4.69) is 15.0 Å². The topological polar surface area (TPSA) is 140 Å². The first-order chi connectivity index (χ1) is 13.9. The van der Waals surface area contributed by atoms with Crippen molar-refractivity contribution in [2.75, 3.05) is 5.32 Å². The highest BCUT2D eigenvalue weighted by Gasteiger charge is 2.20. The van der Waals surface area contributed by atoms with Crippen LogP contribution in [0, 0.1) is 17.0 Å². The van der Waals surface area contributed by atoms with Crippen molar-refractivity contribution >= 4 is 33.5 Å². The molecule has 0 spiro atoms. The van der Waals surface area contributed by atoms with Crippen LogP contribution in [0.15, 0.2) is 57.8 Å². The molecule has 0 radical (unpaired) electrons. The molecule has 2 N–H and O–H groups in total. The molecule has 0 unspecified atom stereocenters. The fraction of sp³-hybridized carbons (Fsp3) is 0.263. The zero-order valence-electron chi connectivity index (χ0n) is 16.9. The molecule has 2 aromatic carbocycles. The number of nitro groups is 1. The lowest BCUT2D eigenvalue weighted by Gasteiger charge is -2.20. The van der Waals surface area contributed by atoms with Gasteiger partial charge in [-0.25, -0.2) is 4.79 Å². The number of ether oxygens (including phenoxy) is 1. The van der Waals surface area contributed by atoms with E-state index in [-0.39, 0.29) is 16.3 Å². The largest absolute Gasteiger partial charge is 0.444 e. The summed E-state index contributed by atoms with van der Waals surface area (Å²) >= 11 is 0. The Labute approximate surface area is 174 Å². The van der Waals surface area contributed by atoms with E-state index in [1.54, 1.807) is 32.9 Å². The third kappa shape index (κ3) is 6.85. The van der Waals surface area contributed by atoms with Crippen molar-refractivity contribution in [1.82, 2.24) is 5.32 Å². The Morgan fingerprint density at radius 3 is 2.13 bits per heavy atom. The van der Waals surface area contributed by atoms with Crippen LogP contribution < -0.4 is 10.6 Å². The summed E-state index contributed by atoms with van der Waals surface area (Å²) in [4.78, 5) is 22.3. The number of rotatable bonds is 4. The van der Waals surface area contributed by atoms with Gasteiger partial charge in [0.1, 0.15) is 5.60 Å². The van der Waals surface area contributed by atoms with Crippen LogP contribution in [-0.2, 0) is 14.8 Å². The van der Waals surface area contributed by atoms with E-state index in [0.717, 1.165) is 5.56 Å². The van der Waals surface area contributed by atoms with Gasteiger partial charge in [-0.1, -0.05) is 17.7 Å². The summed E-state index contributed by atoms with van der Waals surface area (Å²) in [5.74, 6) is -0.418. The third-order valence-corrected chi connectivity index (χ3v) is 4.78. The van der Waals surface area contributed by atoms with Gasteiger partial charge in [-0.05, 0) is 52.0 Å². The zero-order chi connectivity index (χ0) is 22.5. The molecule has 0 atom stereocenters. The number of anilines is 1. The maximum absolute atomic E-state index is 12.6. The van der Waals surface area contributed by atoms with Gasteiger partial charge in [0.05, 0.1) is 9.82 Å². The van der Waals surface area contributed by atoms with Gasteiger partial charge in [0.15, 0.2) is 0 Å². The summed E-state index contributed by atoms with van der Waals surface area (Å²) in [6, 6.07) is 11.2. The van der Waals surface area contributed by atoms with Crippen LogP contribution in [0.25, 0.3) is 0 Å². The number of amides is 1. The van der Waals surface area contributed by atoms with Crippen molar-refractivity contribution in [3.8, 4) is 0 Å². The fourth-order valence-electron chi connectivity index (χ4n) is 2.16. The SMILES string of the molecule is Cc1ccc(S(=O)(=O)/N=C(/NC(=O)OC(C)(C)C)Nc2ccc([N+](=O)[O-])cc2)cc1. The highest BCUT2D eigenvalue weighted by atomic mass is 32.2. The zero-order valence-corrected chi connectivity index (χ0v) is 17.7. The standard InChI is InChI=1S/C19H22N4O6S/c1-13-5-11-16(12-6-13)30(27,28)22-17(21-18(24)29-19(2,3)4)20-14-7-9-15(10-8-14)23(25)26/h5-12H,1-4H3,(H2,20,21,22,24). The predicted molar refractivity (Wildman–Crippen MR) is 112 cm³/mol. The van der Waals surface area contributed by atoms with Crippen molar-refractivity contribution in [3.05, 3.63) is 64.2 Å². The minimum Gasteiger partial charge on any atom is -0.444 e. The molecule has 0 bridgehead atoms. The van der Waals surface area contributed by atoms with Crippen LogP contribution in [0.5, 0.6) is 0 Å². The molecule has 0 aliphatic heterocycles. The highest BCUT2D eigenvalue weighted by Crippen LogP contribution is 2.17. The summed E-state index contributed by atoms with van der Waals surface area (Å²) in [5.41, 5.74) is 0.174. The van der Waals surface area contributed by atoms with E-state index < -0.39 is 32.6 Å². The lowest BCUT2D eigenvalue weighted by Crippen LogP contribution is -2.40. The minimum atomic E-state index is -4.16. The average molecular weight is 434 g/mol. The number of carbonyl (C=O) groups is 1. The number of nitrogens with one attached hydrogen (secondary N) is 2. The molecule has 30 heavy (non-hydrogen) atoms. The maximum Gasteiger partial charge on any atom is 0.414 e. The van der Waals surface area contributed by atoms with Crippen LogP contribution in [0.3, 0.4) is 0 Å². The highest BCUT2D eigenvalue weighted by molar-refractivity contribution is 7.90. The van der Waals surface area contributed by atoms with Crippen LogP contribution in [0.1, 0.15) is 26.3 Å². The van der Waals surface area contributed by atoms with Crippen molar-refractivity contribution in [3.63, 3.8) is 0 Å². The van der Waals surface area contributed by atoms with Crippen LogP contribution in [0.4, 0.5) is 16.2 Å². The first-order valence-corrected chi connectivity index (χ1v) is 10.2. The molecule has 0 aliphatic rings. The molecule has 2 rings (SSSR count). The summed E-state index contributed by atoms with van der Waals surface area (Å²) in [7, 11) is -4.16. The number of carbonyl (C=O) groups excluding carboxylic acids is 1. The van der Waals surface area contributed by atoms with Crippen LogP contribution in [-0.4, -0.2) is 31.0 Å². The monoisotopic (exact) mass is 434 g/mol. The Morgan fingerprint density at radius 1 is 1.07 bits per heavy atom. The molecule has 2 aromatic rings. The summed E-state index contributed by atoms with van der Waals surface area (Å²) in [6.07, 6.45) is -0.922. The molecular weight excluding hydrogens is 412 g/mol. The molecule has 11 heteroatoms. The van der Waals surface area contributed by atoms with Gasteiger partial charge in [0.2, 0.25) is 5.96 Å². The Bertz CT molecular complexity index is 1060. The molecule has 0 saturated heterocycles. The van der Waals surface area contributed by atoms with Gasteiger partial charge in [-0.3, -0.25) is 15.4 Å². The normalized spacial score (nSPS) is 12.2. The van der Waals surface area contributed by atoms with Crippen molar-refractivity contribution in [2.24, 2.45) is 4.40 Å². The number of hydrogen-bond acceptors (Lipinski definition) is 6. The van der Waals surface area contributed by atoms with Gasteiger partial charge in [0.25, 0.3) is 15.7 Å². The lowest BCUT2D eigenvalue weighted by atomic mass is 10.2. The molecule has 0 saturated carbocycles. The molecule has 0 aromatic heterocycles. The predicted octanol–water partition coefficient (Wildman–Crippen LogP) is 3.58. The first-order valence-electron chi connectivity index (χ1n) is 8.79. The second-order valence-electron chi connectivity index (χ2n) is 7.28. The third-order valence-electron chi connectivity index (χ3n) is 3.49. The number of nitro benzene ring substituents is 1. The van der Waals surface area contributed by atoms with Crippen molar-refractivity contribution < 1.29 is 22.9 Å². The van der Waals surface area contributed by atoms with E-state index in [1.165, 1.54) is 36.4 Å². The molecule has 0 aliphatic carbocycles. The number of alkyl carbamates (subject to hydrolysis) is 1. The molecule has 0 fully saturated rings. The summed E-state index contributed by atoms with van der Waals surface area (Å²) in [6.45, 7) is 6.76. The molecular formula is C19H22N4O6S. The number of guanidine groups is 1. The number of hydrogen-bond donors (Lipinski definition) is 2. The first kappa shape index (κ1) is 22.8. The Balaban J connectivity index is 2.36. The van der Waals surface area contributed by atoms with Gasteiger partial charge in [-0.2, -0.15) is 8.42 Å². The molecule has 1 amide bonds. The lowest BCUT2D eigenvalue weighted by molar-refractivity contribution is -0.384. The minimum absolute atomic E-state index is 0.0675. The van der Waals surface area contributed by atoms with Gasteiger partial charge < -0.3 is 10.1 Å². The quantitative estimate of drug-likeness (QED) is 0.324. The van der Waals surface area contributed by atoms with Gasteiger partial charge in [-0.15, -0.1) is 4.40 Å². The van der Waals surface area contributed by atoms with Gasteiger partial charge >= 0.3 is 6.09 Å². The fourth-order valence-corrected chi connectivity index (χ4v) is 3.08. The number of aryl methyl sites for hydroxylation is 1. The van der Waals surface area contributed by atoms with Crippen molar-refractivity contribution in [2.45, 2.75) is 38.2 Å². The molecule has 160 valence electrons. The number of non-ortho nitro benzene ring substituents is 1. The second kappa shape index (κ2) is 8.91.